The lowest BCUT2D eigenvalue weighted by atomic mass is 10.1. The number of rotatable bonds is 8. The van der Waals surface area contributed by atoms with E-state index in [0.29, 0.717) is 34.2 Å². The minimum absolute atomic E-state index is 0.220. The monoisotopic (exact) mass is 461 g/mol. The number of hydrogen-bond donors (Lipinski definition) is 0. The normalized spacial score (nSPS) is 10.7. The van der Waals surface area contributed by atoms with Crippen molar-refractivity contribution in [2.75, 3.05) is 12.0 Å². The number of carbonyl (C=O) groups is 1. The van der Waals surface area contributed by atoms with Gasteiger partial charge in [-0.25, -0.2) is 4.39 Å². The predicted octanol–water partition coefficient (Wildman–Crippen LogP) is 5.26. The van der Waals surface area contributed by atoms with Crippen LogP contribution in [0.25, 0.3) is 0 Å². The maximum absolute atomic E-state index is 13.5. The van der Waals surface area contributed by atoms with Crippen LogP contribution in [-0.2, 0) is 13.2 Å². The number of pyridine rings is 1. The van der Waals surface area contributed by atoms with E-state index in [1.165, 1.54) is 19.2 Å². The maximum Gasteiger partial charge on any atom is 0.258 e. The van der Waals surface area contributed by atoms with Gasteiger partial charge in [-0.1, -0.05) is 11.2 Å². The van der Waals surface area contributed by atoms with Gasteiger partial charge in [0.05, 0.1) is 30.6 Å². The Kier molecular flexibility index (Phi) is 6.87. The first-order valence-corrected chi connectivity index (χ1v) is 10.7. The highest BCUT2D eigenvalue weighted by molar-refractivity contribution is 6.06. The molecule has 0 aliphatic rings. The highest BCUT2D eigenvalue weighted by atomic mass is 19.1. The van der Waals surface area contributed by atoms with Gasteiger partial charge in [-0.05, 0) is 68.4 Å². The molecule has 0 saturated heterocycles. The van der Waals surface area contributed by atoms with Crippen LogP contribution in [0.4, 0.5) is 10.1 Å². The minimum Gasteiger partial charge on any atom is -0.493 e. The van der Waals surface area contributed by atoms with E-state index in [-0.39, 0.29) is 24.9 Å². The second-order valence-corrected chi connectivity index (χ2v) is 7.65. The van der Waals surface area contributed by atoms with Gasteiger partial charge >= 0.3 is 0 Å². The fourth-order valence-electron chi connectivity index (χ4n) is 3.49. The van der Waals surface area contributed by atoms with Crippen molar-refractivity contribution >= 4 is 11.6 Å². The first kappa shape index (κ1) is 23.0. The van der Waals surface area contributed by atoms with E-state index < -0.39 is 0 Å². The molecule has 2 aromatic carbocycles. The molecule has 174 valence electrons. The van der Waals surface area contributed by atoms with Gasteiger partial charge in [0.1, 0.15) is 18.2 Å². The third kappa shape index (κ3) is 5.06. The van der Waals surface area contributed by atoms with Crippen LogP contribution in [0.1, 0.15) is 33.1 Å². The number of halogens is 1. The minimum atomic E-state index is -0.379. The lowest BCUT2D eigenvalue weighted by Gasteiger charge is -2.23. The van der Waals surface area contributed by atoms with Crippen LogP contribution < -0.4 is 14.4 Å². The van der Waals surface area contributed by atoms with Crippen LogP contribution in [0.2, 0.25) is 0 Å². The lowest BCUT2D eigenvalue weighted by Crippen LogP contribution is -2.30. The molecular formula is C26H24FN3O4. The number of carbonyl (C=O) groups excluding carboxylic acids is 1. The summed E-state index contributed by atoms with van der Waals surface area (Å²) in [6, 6.07) is 16.2. The van der Waals surface area contributed by atoms with Crippen molar-refractivity contribution in [2.24, 2.45) is 0 Å². The first-order valence-electron chi connectivity index (χ1n) is 10.7. The molecule has 2 aromatic heterocycles. The van der Waals surface area contributed by atoms with Crippen LogP contribution in [-0.4, -0.2) is 23.2 Å². The molecule has 0 bridgehead atoms. The summed E-state index contributed by atoms with van der Waals surface area (Å²) < 4.78 is 30.1. The summed E-state index contributed by atoms with van der Waals surface area (Å²) in [5.41, 5.74) is 3.26. The molecule has 0 aliphatic heterocycles. The van der Waals surface area contributed by atoms with Crippen molar-refractivity contribution in [2.45, 2.75) is 27.0 Å². The Balaban J connectivity index is 1.61. The van der Waals surface area contributed by atoms with Crippen LogP contribution in [0.5, 0.6) is 11.5 Å². The molecule has 0 aliphatic carbocycles. The fourth-order valence-corrected chi connectivity index (χ4v) is 3.49. The summed E-state index contributed by atoms with van der Waals surface area (Å²) in [5, 5.41) is 3.93. The standard InChI is InChI=1S/C26H24FN3O4/c1-17-23(18(2)34-29-17)16-33-24-12-7-19(14-25(24)32-3)26(31)30(15-21-6-4-5-13-28-21)22-10-8-20(27)9-11-22/h4-14H,15-16H2,1-3H3. The zero-order chi connectivity index (χ0) is 24.1. The number of aromatic nitrogens is 2. The van der Waals surface area contributed by atoms with Crippen molar-refractivity contribution in [1.82, 2.24) is 10.1 Å². The van der Waals surface area contributed by atoms with E-state index in [1.54, 1.807) is 47.5 Å². The average molecular weight is 461 g/mol. The SMILES string of the molecule is COc1cc(C(=O)N(Cc2ccccn2)c2ccc(F)cc2)ccc1OCc1c(C)noc1C. The van der Waals surface area contributed by atoms with Crippen molar-refractivity contribution in [3.05, 3.63) is 101 Å². The quantitative estimate of drug-likeness (QED) is 0.356. The molecule has 4 aromatic rings. The van der Waals surface area contributed by atoms with E-state index in [0.717, 1.165) is 11.3 Å². The largest absolute Gasteiger partial charge is 0.493 e. The van der Waals surface area contributed by atoms with Crippen LogP contribution in [0.15, 0.2) is 71.4 Å². The van der Waals surface area contributed by atoms with Crippen LogP contribution >= 0.6 is 0 Å². The van der Waals surface area contributed by atoms with Gasteiger partial charge in [-0.2, -0.15) is 0 Å². The summed E-state index contributed by atoms with van der Waals surface area (Å²) in [7, 11) is 1.51. The second-order valence-electron chi connectivity index (χ2n) is 7.65. The number of benzene rings is 2. The average Bonchev–Trinajstić information content (AvgIpc) is 3.19. The Hall–Kier alpha value is -4.20. The topological polar surface area (TPSA) is 77.7 Å². The molecule has 0 fully saturated rings. The van der Waals surface area contributed by atoms with E-state index in [4.69, 9.17) is 14.0 Å². The Bertz CT molecular complexity index is 1250. The Morgan fingerprint density at radius 1 is 1.06 bits per heavy atom. The number of methoxy groups -OCH3 is 1. The molecule has 0 saturated carbocycles. The maximum atomic E-state index is 13.5. The Morgan fingerprint density at radius 3 is 2.50 bits per heavy atom. The molecule has 0 N–H and O–H groups in total. The molecule has 2 heterocycles. The zero-order valence-electron chi connectivity index (χ0n) is 19.1. The van der Waals surface area contributed by atoms with Crippen molar-refractivity contribution < 1.29 is 23.2 Å². The van der Waals surface area contributed by atoms with Gasteiger partial charge < -0.3 is 18.9 Å². The van der Waals surface area contributed by atoms with Gasteiger partial charge in [-0.15, -0.1) is 0 Å². The first-order chi connectivity index (χ1) is 16.5. The van der Waals surface area contributed by atoms with Crippen molar-refractivity contribution in [3.63, 3.8) is 0 Å². The van der Waals surface area contributed by atoms with Gasteiger partial charge in [0, 0.05) is 17.4 Å². The van der Waals surface area contributed by atoms with Crippen LogP contribution in [0.3, 0.4) is 0 Å². The molecule has 7 nitrogen and oxygen atoms in total. The summed E-state index contributed by atoms with van der Waals surface area (Å²) in [5.74, 6) is 0.919. The van der Waals surface area contributed by atoms with Crippen LogP contribution in [0, 0.1) is 19.7 Å². The summed E-state index contributed by atoms with van der Waals surface area (Å²) in [6.45, 7) is 4.15. The van der Waals surface area contributed by atoms with E-state index in [9.17, 15) is 9.18 Å². The zero-order valence-corrected chi connectivity index (χ0v) is 19.1. The van der Waals surface area contributed by atoms with Gasteiger partial charge in [0.2, 0.25) is 0 Å². The second kappa shape index (κ2) is 10.2. The lowest BCUT2D eigenvalue weighted by molar-refractivity contribution is 0.0984. The number of hydrogen-bond acceptors (Lipinski definition) is 6. The molecule has 0 spiro atoms. The number of nitrogens with zero attached hydrogens (tertiary/aromatic N) is 3. The van der Waals surface area contributed by atoms with Gasteiger partial charge in [0.15, 0.2) is 11.5 Å². The number of amides is 1. The Morgan fingerprint density at radius 2 is 1.85 bits per heavy atom. The summed E-state index contributed by atoms with van der Waals surface area (Å²) >= 11 is 0. The fraction of sp³-hybridized carbons (Fsp3) is 0.192. The third-order valence-electron chi connectivity index (χ3n) is 5.39. The third-order valence-corrected chi connectivity index (χ3v) is 5.39. The molecule has 0 unspecified atom stereocenters. The van der Waals surface area contributed by atoms with Gasteiger partial charge in [0.25, 0.3) is 5.91 Å². The smallest absolute Gasteiger partial charge is 0.258 e. The van der Waals surface area contributed by atoms with Crippen molar-refractivity contribution in [1.29, 1.82) is 0 Å². The number of ether oxygens (including phenoxy) is 2. The molecule has 1 amide bonds. The summed E-state index contributed by atoms with van der Waals surface area (Å²) in [4.78, 5) is 19.4. The predicted molar refractivity (Wildman–Crippen MR) is 124 cm³/mol. The molecule has 0 radical (unpaired) electrons. The highest BCUT2D eigenvalue weighted by Crippen LogP contribution is 2.31. The number of aryl methyl sites for hydroxylation is 2. The van der Waals surface area contributed by atoms with Gasteiger partial charge in [-0.3, -0.25) is 9.78 Å². The molecule has 0 atom stereocenters. The van der Waals surface area contributed by atoms with E-state index in [1.807, 2.05) is 26.0 Å². The van der Waals surface area contributed by atoms with E-state index in [2.05, 4.69) is 10.1 Å². The molecule has 4 rings (SSSR count). The molecule has 34 heavy (non-hydrogen) atoms. The molecular weight excluding hydrogens is 437 g/mol. The number of anilines is 1. The highest BCUT2D eigenvalue weighted by Gasteiger charge is 2.21. The summed E-state index contributed by atoms with van der Waals surface area (Å²) in [6.07, 6.45) is 1.66. The molecule has 8 heteroatoms. The van der Waals surface area contributed by atoms with E-state index >= 15 is 0 Å². The van der Waals surface area contributed by atoms with Crippen molar-refractivity contribution in [3.8, 4) is 11.5 Å². The Labute approximate surface area is 196 Å².